The van der Waals surface area contributed by atoms with Crippen LogP contribution < -0.4 is 4.90 Å². The quantitative estimate of drug-likeness (QED) is 0.781. The van der Waals surface area contributed by atoms with Crippen molar-refractivity contribution in [3.8, 4) is 6.07 Å². The van der Waals surface area contributed by atoms with Crippen LogP contribution in [-0.4, -0.2) is 18.4 Å². The van der Waals surface area contributed by atoms with Gasteiger partial charge in [0.25, 0.3) is 0 Å². The lowest BCUT2D eigenvalue weighted by Crippen LogP contribution is -2.30. The van der Waals surface area contributed by atoms with E-state index in [4.69, 9.17) is 5.26 Å². The number of rotatable bonds is 1. The normalized spacial score (nSPS) is 18.8. The summed E-state index contributed by atoms with van der Waals surface area (Å²) in [5.74, 6) is 0.286. The number of carbonyl (C=O) groups is 1. The topological polar surface area (TPSA) is 44.1 Å². The van der Waals surface area contributed by atoms with Crippen LogP contribution in [0.25, 0.3) is 10.8 Å². The Bertz CT molecular complexity index is 699. The van der Waals surface area contributed by atoms with Gasteiger partial charge in [-0.2, -0.15) is 5.26 Å². The largest absolute Gasteiger partial charge is 0.361 e. The van der Waals surface area contributed by atoms with Crippen molar-refractivity contribution in [3.05, 3.63) is 42.0 Å². The SMILES string of the molecule is C[C@H]1C(=O)CCN1c1ccc(C#N)c2ccccc12. The van der Waals surface area contributed by atoms with Crippen molar-refractivity contribution in [2.24, 2.45) is 0 Å². The number of nitriles is 1. The van der Waals surface area contributed by atoms with E-state index in [1.165, 1.54) is 0 Å². The van der Waals surface area contributed by atoms with Crippen LogP contribution in [-0.2, 0) is 4.79 Å². The lowest BCUT2D eigenvalue weighted by Gasteiger charge is -2.24. The first-order valence-electron chi connectivity index (χ1n) is 6.43. The smallest absolute Gasteiger partial charge is 0.156 e. The molecule has 0 unspecified atom stereocenters. The van der Waals surface area contributed by atoms with Crippen molar-refractivity contribution in [2.75, 3.05) is 11.4 Å². The molecule has 19 heavy (non-hydrogen) atoms. The van der Waals surface area contributed by atoms with Gasteiger partial charge in [0, 0.05) is 29.4 Å². The highest BCUT2D eigenvalue weighted by Crippen LogP contribution is 2.32. The maximum Gasteiger partial charge on any atom is 0.156 e. The molecule has 1 aliphatic heterocycles. The third-order valence-corrected chi connectivity index (χ3v) is 3.86. The molecule has 0 saturated carbocycles. The average molecular weight is 250 g/mol. The minimum absolute atomic E-state index is 0.0728. The van der Waals surface area contributed by atoms with Crippen molar-refractivity contribution in [2.45, 2.75) is 19.4 Å². The Morgan fingerprint density at radius 1 is 1.21 bits per heavy atom. The van der Waals surface area contributed by atoms with E-state index in [0.717, 1.165) is 23.0 Å². The van der Waals surface area contributed by atoms with Crippen LogP contribution in [0.5, 0.6) is 0 Å². The second-order valence-corrected chi connectivity index (χ2v) is 4.88. The predicted molar refractivity (Wildman–Crippen MR) is 75.1 cm³/mol. The molecule has 1 fully saturated rings. The van der Waals surface area contributed by atoms with Gasteiger partial charge in [-0.05, 0) is 19.1 Å². The van der Waals surface area contributed by atoms with Crippen LogP contribution in [0.3, 0.4) is 0 Å². The number of hydrogen-bond donors (Lipinski definition) is 0. The first kappa shape index (κ1) is 11.7. The fraction of sp³-hybridized carbons (Fsp3) is 0.250. The Hall–Kier alpha value is -2.34. The van der Waals surface area contributed by atoms with Crippen molar-refractivity contribution in [1.29, 1.82) is 5.26 Å². The van der Waals surface area contributed by atoms with Crippen molar-refractivity contribution in [3.63, 3.8) is 0 Å². The standard InChI is InChI=1S/C16H14N2O/c1-11-16(19)8-9-18(11)15-7-6-12(10-17)13-4-2-3-5-14(13)15/h2-7,11H,8-9H2,1H3/t11-/m0/s1. The Labute approximate surface area is 112 Å². The number of ketones is 1. The molecule has 2 aromatic carbocycles. The van der Waals surface area contributed by atoms with Crippen LogP contribution in [0, 0.1) is 11.3 Å². The second kappa shape index (κ2) is 4.40. The van der Waals surface area contributed by atoms with Crippen LogP contribution in [0.2, 0.25) is 0 Å². The molecule has 0 N–H and O–H groups in total. The number of hydrogen-bond acceptors (Lipinski definition) is 3. The Balaban J connectivity index is 2.21. The van der Waals surface area contributed by atoms with Gasteiger partial charge in [0.2, 0.25) is 0 Å². The fourth-order valence-corrected chi connectivity index (χ4v) is 2.77. The van der Waals surface area contributed by atoms with Crippen LogP contribution in [0.15, 0.2) is 36.4 Å². The third-order valence-electron chi connectivity index (χ3n) is 3.86. The zero-order chi connectivity index (χ0) is 13.4. The molecule has 1 saturated heterocycles. The highest BCUT2D eigenvalue weighted by atomic mass is 16.1. The van der Waals surface area contributed by atoms with Gasteiger partial charge in [-0.25, -0.2) is 0 Å². The summed E-state index contributed by atoms with van der Waals surface area (Å²) in [5, 5.41) is 11.2. The Morgan fingerprint density at radius 2 is 1.95 bits per heavy atom. The minimum atomic E-state index is -0.0728. The van der Waals surface area contributed by atoms with Crippen molar-refractivity contribution < 1.29 is 4.79 Å². The molecule has 1 heterocycles. The van der Waals surface area contributed by atoms with E-state index in [1.807, 2.05) is 43.3 Å². The highest BCUT2D eigenvalue weighted by Gasteiger charge is 2.29. The summed E-state index contributed by atoms with van der Waals surface area (Å²) >= 11 is 0. The number of Topliss-reactive ketones (excluding diaryl/α,β-unsaturated/α-hetero) is 1. The fourth-order valence-electron chi connectivity index (χ4n) is 2.77. The van der Waals surface area contributed by atoms with Gasteiger partial charge in [0.1, 0.15) is 0 Å². The molecule has 1 atom stereocenters. The molecule has 94 valence electrons. The summed E-state index contributed by atoms with van der Waals surface area (Å²) in [4.78, 5) is 13.9. The summed E-state index contributed by atoms with van der Waals surface area (Å²) in [6.07, 6.45) is 0.607. The maximum absolute atomic E-state index is 11.7. The van der Waals surface area contributed by atoms with E-state index in [9.17, 15) is 4.79 Å². The van der Waals surface area contributed by atoms with Crippen LogP contribution in [0.1, 0.15) is 18.9 Å². The summed E-state index contributed by atoms with van der Waals surface area (Å²) in [5.41, 5.74) is 1.73. The molecule has 0 spiro atoms. The van der Waals surface area contributed by atoms with Gasteiger partial charge in [-0.1, -0.05) is 24.3 Å². The van der Waals surface area contributed by atoms with Gasteiger partial charge in [0.05, 0.1) is 17.7 Å². The second-order valence-electron chi connectivity index (χ2n) is 4.88. The van der Waals surface area contributed by atoms with Crippen LogP contribution >= 0.6 is 0 Å². The molecule has 0 amide bonds. The lowest BCUT2D eigenvalue weighted by molar-refractivity contribution is -0.118. The van der Waals surface area contributed by atoms with Gasteiger partial charge >= 0.3 is 0 Å². The van der Waals surface area contributed by atoms with E-state index in [0.29, 0.717) is 12.0 Å². The number of nitrogens with zero attached hydrogens (tertiary/aromatic N) is 2. The molecule has 3 rings (SSSR count). The van der Waals surface area contributed by atoms with E-state index >= 15 is 0 Å². The number of carbonyl (C=O) groups excluding carboxylic acids is 1. The van der Waals surface area contributed by atoms with E-state index < -0.39 is 0 Å². The summed E-state index contributed by atoms with van der Waals surface area (Å²) in [6, 6.07) is 13.8. The molecule has 1 aliphatic rings. The van der Waals surface area contributed by atoms with E-state index in [1.54, 1.807) is 0 Å². The average Bonchev–Trinajstić information content (AvgIpc) is 2.78. The lowest BCUT2D eigenvalue weighted by atomic mass is 10.0. The first-order chi connectivity index (χ1) is 9.22. The molecule has 0 radical (unpaired) electrons. The predicted octanol–water partition coefficient (Wildman–Crippen LogP) is 2.88. The van der Waals surface area contributed by atoms with Crippen molar-refractivity contribution >= 4 is 22.2 Å². The summed E-state index contributed by atoms with van der Waals surface area (Å²) < 4.78 is 0. The van der Waals surface area contributed by atoms with Crippen molar-refractivity contribution in [1.82, 2.24) is 0 Å². The molecule has 0 aliphatic carbocycles. The Kier molecular flexibility index (Phi) is 2.72. The molecule has 0 aromatic heterocycles. The number of fused-ring (bicyclic) bond motifs is 1. The third kappa shape index (κ3) is 1.77. The summed E-state index contributed by atoms with van der Waals surface area (Å²) in [7, 11) is 0. The summed E-state index contributed by atoms with van der Waals surface area (Å²) in [6.45, 7) is 2.71. The number of benzene rings is 2. The first-order valence-corrected chi connectivity index (χ1v) is 6.43. The van der Waals surface area contributed by atoms with E-state index in [-0.39, 0.29) is 11.8 Å². The molecule has 2 aromatic rings. The number of anilines is 1. The zero-order valence-electron chi connectivity index (χ0n) is 10.8. The van der Waals surface area contributed by atoms with Gasteiger partial charge in [-0.15, -0.1) is 0 Å². The van der Waals surface area contributed by atoms with Gasteiger partial charge in [-0.3, -0.25) is 4.79 Å². The van der Waals surface area contributed by atoms with Gasteiger partial charge in [0.15, 0.2) is 5.78 Å². The molecule has 3 nitrogen and oxygen atoms in total. The van der Waals surface area contributed by atoms with Gasteiger partial charge < -0.3 is 4.90 Å². The zero-order valence-corrected chi connectivity index (χ0v) is 10.8. The Morgan fingerprint density at radius 3 is 2.58 bits per heavy atom. The van der Waals surface area contributed by atoms with E-state index in [2.05, 4.69) is 11.0 Å². The molecular formula is C16H14N2O. The van der Waals surface area contributed by atoms with Crippen LogP contribution in [0.4, 0.5) is 5.69 Å². The molecular weight excluding hydrogens is 236 g/mol. The molecule has 0 bridgehead atoms. The highest BCUT2D eigenvalue weighted by molar-refractivity contribution is 6.01. The minimum Gasteiger partial charge on any atom is -0.361 e. The monoisotopic (exact) mass is 250 g/mol. The molecule has 3 heteroatoms. The maximum atomic E-state index is 11.7.